The second-order valence-corrected chi connectivity index (χ2v) is 5.40. The number of anilines is 1. The highest BCUT2D eigenvalue weighted by Gasteiger charge is 2.04. The monoisotopic (exact) mass is 286 g/mol. The number of hydrogen-bond acceptors (Lipinski definition) is 4. The zero-order valence-corrected chi connectivity index (χ0v) is 12.8. The number of pyridine rings is 2. The SMILES string of the molecule is Cc1cc(NCCN(C)C)cc(=O)n1Cc1cccnc1. The van der Waals surface area contributed by atoms with E-state index in [2.05, 4.69) is 15.2 Å². The first-order chi connectivity index (χ1) is 10.1. The van der Waals surface area contributed by atoms with E-state index in [0.717, 1.165) is 30.0 Å². The van der Waals surface area contributed by atoms with Crippen molar-refractivity contribution in [2.45, 2.75) is 13.5 Å². The number of rotatable bonds is 6. The molecule has 0 radical (unpaired) electrons. The van der Waals surface area contributed by atoms with Crippen LogP contribution in [-0.4, -0.2) is 41.6 Å². The first kappa shape index (κ1) is 15.3. The number of nitrogens with one attached hydrogen (secondary N) is 1. The molecule has 0 spiro atoms. The molecule has 2 rings (SSSR count). The minimum absolute atomic E-state index is 0.00575. The third-order valence-electron chi connectivity index (χ3n) is 3.29. The van der Waals surface area contributed by atoms with Crippen molar-refractivity contribution >= 4 is 5.69 Å². The van der Waals surface area contributed by atoms with Gasteiger partial charge in [0.25, 0.3) is 5.56 Å². The zero-order valence-electron chi connectivity index (χ0n) is 12.8. The third-order valence-corrected chi connectivity index (χ3v) is 3.29. The Labute approximate surface area is 125 Å². The van der Waals surface area contributed by atoms with E-state index in [-0.39, 0.29) is 5.56 Å². The van der Waals surface area contributed by atoms with Crippen molar-refractivity contribution in [2.75, 3.05) is 32.5 Å². The molecule has 0 bridgehead atoms. The van der Waals surface area contributed by atoms with Crippen molar-refractivity contribution in [3.05, 3.63) is 58.3 Å². The van der Waals surface area contributed by atoms with E-state index >= 15 is 0 Å². The molecular formula is C16H22N4O. The summed E-state index contributed by atoms with van der Waals surface area (Å²) in [5.74, 6) is 0. The van der Waals surface area contributed by atoms with Crippen LogP contribution in [0.25, 0.3) is 0 Å². The second kappa shape index (κ2) is 7.04. The quantitative estimate of drug-likeness (QED) is 0.876. The van der Waals surface area contributed by atoms with Crippen LogP contribution >= 0.6 is 0 Å². The molecule has 0 aromatic carbocycles. The molecule has 5 heteroatoms. The van der Waals surface area contributed by atoms with E-state index in [9.17, 15) is 4.79 Å². The van der Waals surface area contributed by atoms with Crippen LogP contribution in [0.3, 0.4) is 0 Å². The lowest BCUT2D eigenvalue weighted by Crippen LogP contribution is -2.25. The van der Waals surface area contributed by atoms with Crippen molar-refractivity contribution in [1.29, 1.82) is 0 Å². The maximum atomic E-state index is 12.3. The van der Waals surface area contributed by atoms with Crippen LogP contribution in [0, 0.1) is 6.92 Å². The maximum absolute atomic E-state index is 12.3. The van der Waals surface area contributed by atoms with E-state index in [1.54, 1.807) is 23.0 Å². The molecule has 0 aliphatic carbocycles. The highest BCUT2D eigenvalue weighted by Crippen LogP contribution is 2.08. The summed E-state index contributed by atoms with van der Waals surface area (Å²) in [5, 5.41) is 3.28. The Kier molecular flexibility index (Phi) is 5.11. The predicted octanol–water partition coefficient (Wildman–Crippen LogP) is 1.57. The molecule has 2 aromatic rings. The van der Waals surface area contributed by atoms with E-state index in [1.165, 1.54) is 0 Å². The normalized spacial score (nSPS) is 10.9. The Balaban J connectivity index is 2.12. The van der Waals surface area contributed by atoms with Gasteiger partial charge in [-0.3, -0.25) is 9.78 Å². The van der Waals surface area contributed by atoms with Crippen molar-refractivity contribution < 1.29 is 0 Å². The van der Waals surface area contributed by atoms with E-state index in [4.69, 9.17) is 0 Å². The third kappa shape index (κ3) is 4.43. The van der Waals surface area contributed by atoms with Crippen LogP contribution in [0.1, 0.15) is 11.3 Å². The van der Waals surface area contributed by atoms with Gasteiger partial charge in [0.15, 0.2) is 0 Å². The summed E-state index contributed by atoms with van der Waals surface area (Å²) < 4.78 is 1.76. The molecule has 0 unspecified atom stereocenters. The van der Waals surface area contributed by atoms with Gasteiger partial charge in [-0.15, -0.1) is 0 Å². The molecule has 1 N–H and O–H groups in total. The average molecular weight is 286 g/mol. The Morgan fingerprint density at radius 2 is 2.14 bits per heavy atom. The topological polar surface area (TPSA) is 50.2 Å². The summed E-state index contributed by atoms with van der Waals surface area (Å²) in [6.07, 6.45) is 3.52. The fourth-order valence-corrected chi connectivity index (χ4v) is 2.13. The van der Waals surface area contributed by atoms with Gasteiger partial charge < -0.3 is 14.8 Å². The summed E-state index contributed by atoms with van der Waals surface area (Å²) in [6.45, 7) is 4.25. The number of likely N-dealkylation sites (N-methyl/N-ethyl adjacent to an activating group) is 1. The van der Waals surface area contributed by atoms with Crippen molar-refractivity contribution in [3.63, 3.8) is 0 Å². The largest absolute Gasteiger partial charge is 0.384 e. The molecule has 0 saturated heterocycles. The van der Waals surface area contributed by atoms with Crippen LogP contribution in [0.2, 0.25) is 0 Å². The highest BCUT2D eigenvalue weighted by molar-refractivity contribution is 5.43. The first-order valence-electron chi connectivity index (χ1n) is 7.05. The van der Waals surface area contributed by atoms with Gasteiger partial charge in [0, 0.05) is 42.9 Å². The van der Waals surface area contributed by atoms with Gasteiger partial charge >= 0.3 is 0 Å². The van der Waals surface area contributed by atoms with Gasteiger partial charge in [0.2, 0.25) is 0 Å². The van der Waals surface area contributed by atoms with E-state index in [1.807, 2.05) is 39.2 Å². The summed E-state index contributed by atoms with van der Waals surface area (Å²) in [4.78, 5) is 18.4. The number of hydrogen-bond donors (Lipinski definition) is 1. The maximum Gasteiger partial charge on any atom is 0.253 e. The lowest BCUT2D eigenvalue weighted by Gasteiger charge is -2.14. The van der Waals surface area contributed by atoms with Gasteiger partial charge in [-0.1, -0.05) is 6.07 Å². The average Bonchev–Trinajstić information content (AvgIpc) is 2.44. The van der Waals surface area contributed by atoms with Gasteiger partial charge in [-0.25, -0.2) is 0 Å². The molecule has 112 valence electrons. The molecule has 0 aliphatic heterocycles. The molecule has 0 saturated carbocycles. The lowest BCUT2D eigenvalue weighted by molar-refractivity contribution is 0.425. The molecule has 0 amide bonds. The van der Waals surface area contributed by atoms with Crippen LogP contribution in [-0.2, 0) is 6.54 Å². The molecule has 0 atom stereocenters. The smallest absolute Gasteiger partial charge is 0.253 e. The van der Waals surface area contributed by atoms with Gasteiger partial charge in [0.1, 0.15) is 0 Å². The van der Waals surface area contributed by atoms with E-state index in [0.29, 0.717) is 6.54 Å². The standard InChI is InChI=1S/C16H22N4O/c1-13-9-15(18-7-8-19(2)3)10-16(21)20(13)12-14-5-4-6-17-11-14/h4-6,9-11,18H,7-8,12H2,1-3H3. The van der Waals surface area contributed by atoms with Crippen molar-refractivity contribution in [1.82, 2.24) is 14.5 Å². The van der Waals surface area contributed by atoms with Crippen LogP contribution in [0.5, 0.6) is 0 Å². The molecule has 2 heterocycles. The lowest BCUT2D eigenvalue weighted by atomic mass is 10.2. The van der Waals surface area contributed by atoms with Gasteiger partial charge in [0.05, 0.1) is 6.54 Å². The van der Waals surface area contributed by atoms with Crippen molar-refractivity contribution in [3.8, 4) is 0 Å². The Hall–Kier alpha value is -2.14. The molecular weight excluding hydrogens is 264 g/mol. The highest BCUT2D eigenvalue weighted by atomic mass is 16.1. The summed E-state index contributed by atoms with van der Waals surface area (Å²) in [5.41, 5.74) is 2.85. The number of aromatic nitrogens is 2. The Bertz CT molecular complexity index is 634. The fourth-order valence-electron chi connectivity index (χ4n) is 2.13. The zero-order chi connectivity index (χ0) is 15.2. The molecule has 21 heavy (non-hydrogen) atoms. The Morgan fingerprint density at radius 1 is 1.33 bits per heavy atom. The Morgan fingerprint density at radius 3 is 2.76 bits per heavy atom. The molecule has 0 aliphatic rings. The van der Waals surface area contributed by atoms with E-state index < -0.39 is 0 Å². The summed E-state index contributed by atoms with van der Waals surface area (Å²) >= 11 is 0. The molecule has 0 fully saturated rings. The summed E-state index contributed by atoms with van der Waals surface area (Å²) in [6, 6.07) is 7.52. The van der Waals surface area contributed by atoms with Crippen LogP contribution in [0.15, 0.2) is 41.5 Å². The van der Waals surface area contributed by atoms with Gasteiger partial charge in [-0.05, 0) is 38.7 Å². The number of nitrogens with zero attached hydrogens (tertiary/aromatic N) is 3. The van der Waals surface area contributed by atoms with Gasteiger partial charge in [-0.2, -0.15) is 0 Å². The fraction of sp³-hybridized carbons (Fsp3) is 0.375. The minimum Gasteiger partial charge on any atom is -0.384 e. The minimum atomic E-state index is 0.00575. The second-order valence-electron chi connectivity index (χ2n) is 5.40. The van der Waals surface area contributed by atoms with Crippen LogP contribution < -0.4 is 10.9 Å². The molecule has 2 aromatic heterocycles. The molecule has 5 nitrogen and oxygen atoms in total. The van der Waals surface area contributed by atoms with Crippen molar-refractivity contribution in [2.24, 2.45) is 0 Å². The number of aryl methyl sites for hydroxylation is 1. The van der Waals surface area contributed by atoms with Crippen LogP contribution in [0.4, 0.5) is 5.69 Å². The summed E-state index contributed by atoms with van der Waals surface area (Å²) in [7, 11) is 4.05. The first-order valence-corrected chi connectivity index (χ1v) is 7.05. The predicted molar refractivity (Wildman–Crippen MR) is 85.8 cm³/mol.